The number of hydrogen-bond acceptors (Lipinski definition) is 8. The molecule has 2 aliphatic rings. The van der Waals surface area contributed by atoms with E-state index >= 15 is 0 Å². The second-order valence-electron chi connectivity index (χ2n) is 10.0. The number of benzene rings is 2. The number of cyclic esters (lactones) is 1. The first-order valence-corrected chi connectivity index (χ1v) is 13.4. The first kappa shape index (κ1) is 28.4. The summed E-state index contributed by atoms with van der Waals surface area (Å²) in [6.07, 6.45) is 0.859. The number of fused-ring (bicyclic) bond motifs is 5. The third-order valence-corrected chi connectivity index (χ3v) is 7.91. The van der Waals surface area contributed by atoms with Crippen LogP contribution in [-0.4, -0.2) is 28.0 Å². The molecule has 212 valence electrons. The standard InChI is InChI=1S/C30H27ClN4O5.ClH/c1-3-30(40-16(2)36)21-13-24-26-19(14-35(24)28(37)20(21)15-39-29(30)38)27(25-22(32)5-4-6-23(25)34-26)33-12-11-17-7-9-18(31)10-8-17;/h4-10,13H,3,11-12,14-15,32H2,1-2H3,(H,33,34);1H/t30-;/m0./s1. The van der Waals surface area contributed by atoms with Crippen LogP contribution < -0.4 is 16.6 Å². The third kappa shape index (κ3) is 4.59. The Balaban J connectivity index is 0.00000337. The van der Waals surface area contributed by atoms with Crippen LogP contribution in [0.1, 0.15) is 42.5 Å². The molecule has 2 aliphatic heterocycles. The van der Waals surface area contributed by atoms with E-state index in [2.05, 4.69) is 5.32 Å². The van der Waals surface area contributed by atoms with Crippen LogP contribution in [0.3, 0.4) is 0 Å². The van der Waals surface area contributed by atoms with Crippen molar-refractivity contribution in [2.24, 2.45) is 0 Å². The number of halogens is 2. The average Bonchev–Trinajstić information content (AvgIpc) is 3.30. The van der Waals surface area contributed by atoms with Crippen molar-refractivity contribution in [3.05, 3.63) is 86.2 Å². The second kappa shape index (κ2) is 10.7. The summed E-state index contributed by atoms with van der Waals surface area (Å²) >= 11 is 6.04. The van der Waals surface area contributed by atoms with E-state index in [1.807, 2.05) is 42.5 Å². The lowest BCUT2D eigenvalue weighted by molar-refractivity contribution is -0.188. The molecule has 3 N–H and O–H groups in total. The highest BCUT2D eigenvalue weighted by Crippen LogP contribution is 2.44. The number of carbonyl (C=O) groups is 2. The van der Waals surface area contributed by atoms with Crippen LogP contribution in [0.4, 0.5) is 11.4 Å². The molecule has 4 aromatic rings. The monoisotopic (exact) mass is 594 g/mol. The smallest absolute Gasteiger partial charge is 0.355 e. The van der Waals surface area contributed by atoms with Gasteiger partial charge in [0, 0.05) is 40.7 Å². The van der Waals surface area contributed by atoms with E-state index < -0.39 is 17.5 Å². The van der Waals surface area contributed by atoms with Crippen molar-refractivity contribution in [1.29, 1.82) is 0 Å². The molecule has 41 heavy (non-hydrogen) atoms. The van der Waals surface area contributed by atoms with E-state index in [0.717, 1.165) is 28.6 Å². The first-order chi connectivity index (χ1) is 19.2. The van der Waals surface area contributed by atoms with Gasteiger partial charge in [-0.25, -0.2) is 9.78 Å². The predicted molar refractivity (Wildman–Crippen MR) is 159 cm³/mol. The molecule has 0 fully saturated rings. The van der Waals surface area contributed by atoms with Crippen molar-refractivity contribution in [1.82, 2.24) is 9.55 Å². The van der Waals surface area contributed by atoms with Crippen molar-refractivity contribution in [2.45, 2.75) is 45.4 Å². The van der Waals surface area contributed by atoms with Gasteiger partial charge in [0.1, 0.15) is 6.61 Å². The van der Waals surface area contributed by atoms with Crippen LogP contribution in [0.15, 0.2) is 53.3 Å². The lowest BCUT2D eigenvalue weighted by Gasteiger charge is -2.35. The molecule has 9 nitrogen and oxygen atoms in total. The van der Waals surface area contributed by atoms with E-state index in [0.29, 0.717) is 45.3 Å². The van der Waals surface area contributed by atoms with Gasteiger partial charge in [0.2, 0.25) is 5.60 Å². The summed E-state index contributed by atoms with van der Waals surface area (Å²) in [6.45, 7) is 3.63. The topological polar surface area (TPSA) is 126 Å². The average molecular weight is 595 g/mol. The number of nitrogens with one attached hydrogen (secondary N) is 1. The number of anilines is 2. The van der Waals surface area contributed by atoms with Crippen molar-refractivity contribution in [3.8, 4) is 11.4 Å². The largest absolute Gasteiger partial charge is 0.457 e. The summed E-state index contributed by atoms with van der Waals surface area (Å²) in [5, 5.41) is 5.02. The van der Waals surface area contributed by atoms with Gasteiger partial charge in [-0.2, -0.15) is 0 Å². The van der Waals surface area contributed by atoms with Crippen LogP contribution >= 0.6 is 24.0 Å². The number of rotatable bonds is 6. The Morgan fingerprint density at radius 3 is 2.66 bits per heavy atom. The lowest BCUT2D eigenvalue weighted by Crippen LogP contribution is -2.47. The Kier molecular flexibility index (Phi) is 7.44. The van der Waals surface area contributed by atoms with Gasteiger partial charge < -0.3 is 25.1 Å². The molecule has 1 atom stereocenters. The molecule has 11 heteroatoms. The fraction of sp³-hybridized carbons (Fsp3) is 0.267. The number of pyridine rings is 2. The number of hydrogen-bond donors (Lipinski definition) is 2. The van der Waals surface area contributed by atoms with E-state index in [1.165, 1.54) is 6.92 Å². The normalized spacial score (nSPS) is 16.7. The van der Waals surface area contributed by atoms with Gasteiger partial charge in [0.15, 0.2) is 0 Å². The van der Waals surface area contributed by atoms with E-state index in [4.69, 9.17) is 31.8 Å². The van der Waals surface area contributed by atoms with Crippen molar-refractivity contribution < 1.29 is 19.1 Å². The Morgan fingerprint density at radius 2 is 1.95 bits per heavy atom. The lowest BCUT2D eigenvalue weighted by atomic mass is 9.85. The summed E-state index contributed by atoms with van der Waals surface area (Å²) in [4.78, 5) is 43.7. The molecule has 0 saturated carbocycles. The second-order valence-corrected chi connectivity index (χ2v) is 10.5. The Morgan fingerprint density at radius 1 is 1.20 bits per heavy atom. The minimum absolute atomic E-state index is 0. The van der Waals surface area contributed by atoms with Gasteiger partial charge in [-0.3, -0.25) is 9.59 Å². The number of nitrogens with two attached hydrogens (primary N) is 1. The zero-order valence-electron chi connectivity index (χ0n) is 22.5. The molecule has 2 aromatic carbocycles. The number of carbonyl (C=O) groups excluding carboxylic acids is 2. The highest BCUT2D eigenvalue weighted by Gasteiger charge is 2.50. The van der Waals surface area contributed by atoms with Crippen LogP contribution in [0.2, 0.25) is 5.02 Å². The minimum Gasteiger partial charge on any atom is -0.457 e. The van der Waals surface area contributed by atoms with E-state index in [-0.39, 0.29) is 37.5 Å². The number of nitrogen functional groups attached to an aromatic ring is 1. The van der Waals surface area contributed by atoms with Gasteiger partial charge in [0.25, 0.3) is 5.56 Å². The molecule has 2 aromatic heterocycles. The maximum Gasteiger partial charge on any atom is 0.355 e. The fourth-order valence-corrected chi connectivity index (χ4v) is 5.86. The maximum absolute atomic E-state index is 13.8. The highest BCUT2D eigenvalue weighted by molar-refractivity contribution is 6.30. The summed E-state index contributed by atoms with van der Waals surface area (Å²) in [5.74, 6) is -1.33. The Hall–Kier alpha value is -4.08. The molecule has 0 spiro atoms. The molecular formula is C30H28Cl2N4O5. The SMILES string of the molecule is CC[C@@]1(OC(C)=O)C(=O)OCc2c1cc1n(c2=O)Cc2c-1nc1cccc(N)c1c2NCCc1ccc(Cl)cc1.Cl. The summed E-state index contributed by atoms with van der Waals surface area (Å²) in [5.41, 5.74) is 10.2. The molecule has 0 amide bonds. The molecule has 0 radical (unpaired) electrons. The van der Waals surface area contributed by atoms with Gasteiger partial charge in [0.05, 0.1) is 34.7 Å². The molecule has 0 bridgehead atoms. The number of nitrogens with zero attached hydrogens (tertiary/aromatic N) is 2. The van der Waals surface area contributed by atoms with Gasteiger partial charge in [-0.05, 0) is 48.7 Å². The van der Waals surface area contributed by atoms with Crippen LogP contribution in [0, 0.1) is 0 Å². The number of esters is 2. The van der Waals surface area contributed by atoms with E-state index in [1.54, 1.807) is 17.6 Å². The maximum atomic E-state index is 13.8. The van der Waals surface area contributed by atoms with Crippen molar-refractivity contribution in [2.75, 3.05) is 17.6 Å². The quantitative estimate of drug-likeness (QED) is 0.209. The minimum atomic E-state index is -1.70. The number of aromatic nitrogens is 2. The molecule has 0 aliphatic carbocycles. The van der Waals surface area contributed by atoms with Crippen LogP contribution in [0.25, 0.3) is 22.3 Å². The van der Waals surface area contributed by atoms with Crippen LogP contribution in [-0.2, 0) is 44.2 Å². The summed E-state index contributed by atoms with van der Waals surface area (Å²) < 4.78 is 12.5. The Labute approximate surface area is 247 Å². The third-order valence-electron chi connectivity index (χ3n) is 7.66. The highest BCUT2D eigenvalue weighted by atomic mass is 35.5. The first-order valence-electron chi connectivity index (χ1n) is 13.1. The zero-order valence-corrected chi connectivity index (χ0v) is 24.0. The predicted octanol–water partition coefficient (Wildman–Crippen LogP) is 4.96. The molecule has 0 unspecified atom stereocenters. The Bertz CT molecular complexity index is 1770. The zero-order chi connectivity index (χ0) is 28.2. The molecule has 4 heterocycles. The molecule has 0 saturated heterocycles. The van der Waals surface area contributed by atoms with Crippen molar-refractivity contribution in [3.63, 3.8) is 0 Å². The summed E-state index contributed by atoms with van der Waals surface area (Å²) in [6, 6.07) is 15.0. The fourth-order valence-electron chi connectivity index (χ4n) is 5.74. The van der Waals surface area contributed by atoms with Crippen molar-refractivity contribution >= 4 is 58.2 Å². The molecular weight excluding hydrogens is 567 g/mol. The summed E-state index contributed by atoms with van der Waals surface area (Å²) in [7, 11) is 0. The van der Waals surface area contributed by atoms with Crippen LogP contribution in [0.5, 0.6) is 0 Å². The molecule has 6 rings (SSSR count). The van der Waals surface area contributed by atoms with Gasteiger partial charge in [-0.15, -0.1) is 12.4 Å². The van der Waals surface area contributed by atoms with Gasteiger partial charge >= 0.3 is 11.9 Å². The van der Waals surface area contributed by atoms with E-state index in [9.17, 15) is 14.4 Å². The number of ether oxygens (including phenoxy) is 2. The van der Waals surface area contributed by atoms with Gasteiger partial charge in [-0.1, -0.05) is 36.7 Å².